The van der Waals surface area contributed by atoms with Crippen molar-refractivity contribution in [2.45, 2.75) is 75.8 Å². The molecule has 0 saturated carbocycles. The van der Waals surface area contributed by atoms with Crippen LogP contribution in [-0.2, 0) is 0 Å². The number of piperidine rings is 3. The normalized spacial score (nSPS) is 28.4. The van der Waals surface area contributed by atoms with E-state index in [1.165, 1.54) is 38.5 Å². The fourth-order valence-corrected chi connectivity index (χ4v) is 6.58. The summed E-state index contributed by atoms with van der Waals surface area (Å²) in [4.78, 5) is 2.76. The molecule has 156 valence electrons. The van der Waals surface area contributed by atoms with Crippen molar-refractivity contribution in [2.24, 2.45) is 5.92 Å². The summed E-state index contributed by atoms with van der Waals surface area (Å²) in [5.41, 5.74) is 0.877. The van der Waals surface area contributed by atoms with Crippen LogP contribution >= 0.6 is 11.9 Å². The molecule has 3 aliphatic heterocycles. The maximum absolute atomic E-state index is 14.0. The molecule has 3 aliphatic rings. The van der Waals surface area contributed by atoms with Gasteiger partial charge in [-0.15, -0.1) is 0 Å². The van der Waals surface area contributed by atoms with E-state index in [0.717, 1.165) is 62.6 Å². The van der Waals surface area contributed by atoms with Gasteiger partial charge in [0, 0.05) is 31.2 Å². The van der Waals surface area contributed by atoms with Crippen LogP contribution in [0, 0.1) is 17.6 Å². The van der Waals surface area contributed by atoms with Crippen molar-refractivity contribution in [2.75, 3.05) is 25.9 Å². The second-order valence-corrected chi connectivity index (χ2v) is 9.84. The van der Waals surface area contributed by atoms with Crippen molar-refractivity contribution in [1.82, 2.24) is 9.21 Å². The molecular formula is C23H34F2N2S. The predicted octanol–water partition coefficient (Wildman–Crippen LogP) is 5.84. The fraction of sp³-hybridized carbons (Fsp3) is 0.739. The Kier molecular flexibility index (Phi) is 6.95. The van der Waals surface area contributed by atoms with Crippen LogP contribution in [0.5, 0.6) is 0 Å². The molecule has 1 aromatic carbocycles. The monoisotopic (exact) mass is 408 g/mol. The van der Waals surface area contributed by atoms with Gasteiger partial charge in [0.1, 0.15) is 11.6 Å². The molecule has 0 aromatic heterocycles. The standard InChI is InChI=1S/C23H34F2N2S/c1-28-26-11-8-17(9-12-26)23(18-14-19(24)16-20(25)15-18)10-13-27-21-4-2-5-22(27)7-3-6-21/h14-17,21-23H,2-13H2,1H3. The van der Waals surface area contributed by atoms with Gasteiger partial charge < -0.3 is 0 Å². The summed E-state index contributed by atoms with van der Waals surface area (Å²) in [5.74, 6) is -0.0844. The average Bonchev–Trinajstić information content (AvgIpc) is 2.67. The van der Waals surface area contributed by atoms with Gasteiger partial charge in [0.2, 0.25) is 0 Å². The van der Waals surface area contributed by atoms with Crippen molar-refractivity contribution in [3.05, 3.63) is 35.4 Å². The predicted molar refractivity (Wildman–Crippen MR) is 114 cm³/mol. The molecule has 0 radical (unpaired) electrons. The zero-order valence-electron chi connectivity index (χ0n) is 17.1. The Morgan fingerprint density at radius 1 is 0.929 bits per heavy atom. The van der Waals surface area contributed by atoms with Gasteiger partial charge >= 0.3 is 0 Å². The third kappa shape index (κ3) is 4.73. The lowest BCUT2D eigenvalue weighted by molar-refractivity contribution is 0.0354. The zero-order valence-corrected chi connectivity index (χ0v) is 17.9. The Morgan fingerprint density at radius 3 is 2.04 bits per heavy atom. The van der Waals surface area contributed by atoms with Crippen molar-refractivity contribution < 1.29 is 8.78 Å². The third-order valence-corrected chi connectivity index (χ3v) is 8.31. The molecule has 0 N–H and O–H groups in total. The molecule has 3 saturated heterocycles. The van der Waals surface area contributed by atoms with Crippen LogP contribution in [0.25, 0.3) is 0 Å². The number of fused-ring (bicyclic) bond motifs is 2. The molecule has 1 atom stereocenters. The van der Waals surface area contributed by atoms with Crippen molar-refractivity contribution in [3.8, 4) is 0 Å². The highest BCUT2D eigenvalue weighted by atomic mass is 32.2. The number of rotatable bonds is 6. The molecule has 5 heteroatoms. The number of nitrogens with zero attached hydrogens (tertiary/aromatic N) is 2. The smallest absolute Gasteiger partial charge is 0.126 e. The Bertz CT molecular complexity index is 605. The summed E-state index contributed by atoms with van der Waals surface area (Å²) in [7, 11) is 0. The van der Waals surface area contributed by atoms with E-state index in [2.05, 4.69) is 15.5 Å². The molecule has 0 amide bonds. The summed E-state index contributed by atoms with van der Waals surface area (Å²) in [6.45, 7) is 3.24. The first-order valence-electron chi connectivity index (χ1n) is 11.1. The zero-order chi connectivity index (χ0) is 19.5. The van der Waals surface area contributed by atoms with Gasteiger partial charge in [0.25, 0.3) is 0 Å². The first kappa shape index (κ1) is 20.6. The molecule has 0 aliphatic carbocycles. The lowest BCUT2D eigenvalue weighted by atomic mass is 9.77. The quantitative estimate of drug-likeness (QED) is 0.546. The minimum absolute atomic E-state index is 0.261. The van der Waals surface area contributed by atoms with Gasteiger partial charge in [-0.25, -0.2) is 8.78 Å². The largest absolute Gasteiger partial charge is 0.297 e. The van der Waals surface area contributed by atoms with Crippen LogP contribution in [-0.4, -0.2) is 47.2 Å². The molecule has 2 nitrogen and oxygen atoms in total. The summed E-state index contributed by atoms with van der Waals surface area (Å²) in [5, 5.41) is 0. The van der Waals surface area contributed by atoms with Crippen molar-refractivity contribution in [1.29, 1.82) is 0 Å². The SMILES string of the molecule is CSN1CCC(C(CCN2C3CCCC2CCC3)c2cc(F)cc(F)c2)CC1. The van der Waals surface area contributed by atoms with E-state index in [9.17, 15) is 8.78 Å². The maximum Gasteiger partial charge on any atom is 0.126 e. The maximum atomic E-state index is 14.0. The van der Waals surface area contributed by atoms with Crippen LogP contribution in [0.15, 0.2) is 18.2 Å². The Hall–Kier alpha value is -0.650. The minimum atomic E-state index is -0.434. The van der Waals surface area contributed by atoms with E-state index in [-0.39, 0.29) is 5.92 Å². The number of benzene rings is 1. The summed E-state index contributed by atoms with van der Waals surface area (Å²) in [6.07, 6.45) is 13.5. The molecule has 3 fully saturated rings. The molecule has 4 rings (SSSR count). The first-order chi connectivity index (χ1) is 13.6. The van der Waals surface area contributed by atoms with Crippen LogP contribution in [0.2, 0.25) is 0 Å². The number of hydrogen-bond acceptors (Lipinski definition) is 3. The summed E-state index contributed by atoms with van der Waals surface area (Å²) in [6, 6.07) is 5.68. The van der Waals surface area contributed by atoms with E-state index in [4.69, 9.17) is 0 Å². The van der Waals surface area contributed by atoms with Crippen LogP contribution < -0.4 is 0 Å². The Labute approximate surface area is 173 Å². The molecule has 3 heterocycles. The molecule has 28 heavy (non-hydrogen) atoms. The van der Waals surface area contributed by atoms with E-state index >= 15 is 0 Å². The number of halogens is 2. The van der Waals surface area contributed by atoms with E-state index < -0.39 is 11.6 Å². The molecule has 0 spiro atoms. The van der Waals surface area contributed by atoms with Gasteiger partial charge in [-0.1, -0.05) is 24.8 Å². The topological polar surface area (TPSA) is 6.48 Å². The number of hydrogen-bond donors (Lipinski definition) is 0. The van der Waals surface area contributed by atoms with E-state index in [0.29, 0.717) is 5.92 Å². The Morgan fingerprint density at radius 2 is 1.50 bits per heavy atom. The first-order valence-corrected chi connectivity index (χ1v) is 12.3. The van der Waals surface area contributed by atoms with Crippen LogP contribution in [0.1, 0.15) is 69.3 Å². The fourth-order valence-electron chi connectivity index (χ4n) is 6.01. The van der Waals surface area contributed by atoms with Crippen LogP contribution in [0.3, 0.4) is 0 Å². The third-order valence-electron chi connectivity index (χ3n) is 7.42. The molecule has 1 unspecified atom stereocenters. The highest BCUT2D eigenvalue weighted by Crippen LogP contribution is 2.39. The molecule has 2 bridgehead atoms. The minimum Gasteiger partial charge on any atom is -0.297 e. The molecule has 1 aromatic rings. The highest BCUT2D eigenvalue weighted by Gasteiger charge is 2.35. The van der Waals surface area contributed by atoms with E-state index in [1.807, 2.05) is 11.9 Å². The second kappa shape index (κ2) is 9.44. The lowest BCUT2D eigenvalue weighted by Gasteiger charge is -2.47. The van der Waals surface area contributed by atoms with Crippen molar-refractivity contribution >= 4 is 11.9 Å². The summed E-state index contributed by atoms with van der Waals surface area (Å²) < 4.78 is 30.4. The summed E-state index contributed by atoms with van der Waals surface area (Å²) >= 11 is 1.81. The molecular weight excluding hydrogens is 374 g/mol. The second-order valence-electron chi connectivity index (χ2n) is 8.95. The van der Waals surface area contributed by atoms with Gasteiger partial charge in [0.05, 0.1) is 0 Å². The van der Waals surface area contributed by atoms with Gasteiger partial charge in [0.15, 0.2) is 0 Å². The van der Waals surface area contributed by atoms with E-state index in [1.54, 1.807) is 12.1 Å². The highest BCUT2D eigenvalue weighted by molar-refractivity contribution is 7.96. The van der Waals surface area contributed by atoms with Gasteiger partial charge in [-0.3, -0.25) is 9.21 Å². The van der Waals surface area contributed by atoms with Gasteiger partial charge in [-0.05, 0) is 87.3 Å². The van der Waals surface area contributed by atoms with Crippen LogP contribution in [0.4, 0.5) is 8.78 Å². The lowest BCUT2D eigenvalue weighted by Crippen LogP contribution is -2.50. The average molecular weight is 409 g/mol. The Balaban J connectivity index is 1.49. The van der Waals surface area contributed by atoms with Gasteiger partial charge in [-0.2, -0.15) is 0 Å². The van der Waals surface area contributed by atoms with Crippen molar-refractivity contribution in [3.63, 3.8) is 0 Å².